The molecule has 7 heterocycles. The van der Waals surface area contributed by atoms with Crippen molar-refractivity contribution in [1.82, 2.24) is 75.7 Å². The molecule has 0 aromatic carbocycles. The van der Waals surface area contributed by atoms with E-state index in [1.165, 1.54) is 25.7 Å². The van der Waals surface area contributed by atoms with Gasteiger partial charge in [0.05, 0.1) is 58.8 Å². The number of hydrogen-bond acceptors (Lipinski definition) is 21. The average molecular weight is 1400 g/mol. The Balaban J connectivity index is 0.901. The summed E-state index contributed by atoms with van der Waals surface area (Å²) in [6.45, 7) is 42.2. The fraction of sp³-hybridized carbons (Fsp3) is 0.842. The maximum atomic E-state index is 14.5. The zero-order valence-electron chi connectivity index (χ0n) is 65.1. The second-order valence-electron chi connectivity index (χ2n) is 36.3. The third-order valence-corrected chi connectivity index (χ3v) is 22.6. The van der Waals surface area contributed by atoms with Crippen LogP contribution in [0.25, 0.3) is 0 Å². The van der Waals surface area contributed by atoms with Crippen LogP contribution in [0.5, 0.6) is 0 Å². The Morgan fingerprint density at radius 3 is 1.12 bits per heavy atom. The van der Waals surface area contributed by atoms with Crippen molar-refractivity contribution in [3.8, 4) is 0 Å². The predicted octanol–water partition coefficient (Wildman–Crippen LogP) is 7.77. The molecule has 5 N–H and O–H groups in total. The molecule has 9 aliphatic rings. The lowest BCUT2D eigenvalue weighted by molar-refractivity contribution is -0.143. The summed E-state index contributed by atoms with van der Waals surface area (Å²) in [5.74, 6) is 3.49. The summed E-state index contributed by atoms with van der Waals surface area (Å²) < 4.78 is 0. The van der Waals surface area contributed by atoms with Crippen LogP contribution < -0.4 is 41.3 Å². The minimum atomic E-state index is -0.795. The van der Waals surface area contributed by atoms with Crippen LogP contribution in [0, 0.1) is 0 Å². The van der Waals surface area contributed by atoms with E-state index in [9.17, 15) is 19.2 Å². The number of rotatable bonds is 23. The van der Waals surface area contributed by atoms with Gasteiger partial charge >= 0.3 is 0 Å². The smallest absolute Gasteiger partial charge is 0.242 e. The van der Waals surface area contributed by atoms with Gasteiger partial charge in [0.2, 0.25) is 47.4 Å². The molecule has 0 atom stereocenters. The Hall–Kier alpha value is -5.76. The molecule has 9 fully saturated rings. The molecule has 11 rings (SSSR count). The van der Waals surface area contributed by atoms with Gasteiger partial charge in [-0.2, -0.15) is 24.9 Å². The van der Waals surface area contributed by atoms with E-state index in [4.69, 9.17) is 39.9 Å². The lowest BCUT2D eigenvalue weighted by Crippen LogP contribution is -2.70. The molecule has 25 heteroatoms. The Morgan fingerprint density at radius 1 is 0.416 bits per heavy atom. The first-order valence-electron chi connectivity index (χ1n) is 39.3. The van der Waals surface area contributed by atoms with Gasteiger partial charge in [-0.05, 0) is 162 Å². The maximum Gasteiger partial charge on any atom is 0.242 e. The van der Waals surface area contributed by atoms with Crippen LogP contribution in [0.2, 0.25) is 0 Å². The lowest BCUT2D eigenvalue weighted by atomic mass is 9.90. The first-order valence-corrected chi connectivity index (χ1v) is 39.3. The van der Waals surface area contributed by atoms with E-state index in [2.05, 4.69) is 102 Å². The molecule has 4 aliphatic carbocycles. The van der Waals surface area contributed by atoms with Crippen LogP contribution in [-0.2, 0) is 19.2 Å². The Bertz CT molecular complexity index is 3100. The first kappa shape index (κ1) is 76.4. The average Bonchev–Trinajstić information content (AvgIpc) is 0.789. The van der Waals surface area contributed by atoms with Crippen LogP contribution in [0.1, 0.15) is 251 Å². The molecule has 4 saturated carbocycles. The molecular formula is C76H129N21O4. The van der Waals surface area contributed by atoms with E-state index in [0.717, 1.165) is 122 Å². The van der Waals surface area contributed by atoms with Crippen molar-refractivity contribution in [2.75, 3.05) is 125 Å². The van der Waals surface area contributed by atoms with Crippen molar-refractivity contribution in [2.45, 2.75) is 308 Å². The Morgan fingerprint density at radius 2 is 0.752 bits per heavy atom. The van der Waals surface area contributed by atoms with Crippen LogP contribution >= 0.6 is 0 Å². The number of carbonyl (C=O) groups excluding carboxylic acids is 4. The van der Waals surface area contributed by atoms with Gasteiger partial charge in [0.1, 0.15) is 0 Å². The number of aromatic nitrogens is 6. The number of nitrogens with zero attached hydrogens (tertiary/aromatic N) is 16. The second-order valence-corrected chi connectivity index (χ2v) is 36.3. The number of nitrogens with one attached hydrogen (secondary N) is 5. The third kappa shape index (κ3) is 19.2. The van der Waals surface area contributed by atoms with Gasteiger partial charge in [-0.1, -0.05) is 77.0 Å². The summed E-state index contributed by atoms with van der Waals surface area (Å²) in [6, 6.07) is 0.543. The molecule has 0 spiro atoms. The fourth-order valence-corrected chi connectivity index (χ4v) is 18.8. The topological polar surface area (TPSA) is 256 Å². The second kappa shape index (κ2) is 30.7. The molecule has 5 aliphatic heterocycles. The predicted molar refractivity (Wildman–Crippen MR) is 404 cm³/mol. The van der Waals surface area contributed by atoms with Gasteiger partial charge in [-0.25, -0.2) is 4.98 Å². The zero-order valence-corrected chi connectivity index (χ0v) is 65.1. The monoisotopic (exact) mass is 1400 g/mol. The minimum Gasteiger partial charge on any atom is -0.353 e. The molecule has 25 nitrogen and oxygen atoms in total. The van der Waals surface area contributed by atoms with Gasteiger partial charge in [0.15, 0.2) is 11.6 Å². The van der Waals surface area contributed by atoms with Crippen molar-refractivity contribution < 1.29 is 19.2 Å². The normalized spacial score (nSPS) is 25.6. The van der Waals surface area contributed by atoms with Gasteiger partial charge < -0.3 is 39.6 Å². The SMILES string of the molecule is CC1(C)CN(CCN(c2nc(NCCN3CCN(c4nc(C(CN5CC(C)(C)NC(C)(C)C5=O)=NC5CCCCC5)nc(C(CN5CC(C)(C)NC(C)(C)C5=O)=NC5CCCCC5)n4)CC3)nc(N(CCN3CC(C)(C)NC(C)(C)C3=O)C3CCCCC3)n2)C2CCCCC2)C(=O)C(C)(C)N1. The largest absolute Gasteiger partial charge is 0.353 e. The highest BCUT2D eigenvalue weighted by Gasteiger charge is 2.48. The van der Waals surface area contributed by atoms with Gasteiger partial charge in [-0.15, -0.1) is 0 Å². The van der Waals surface area contributed by atoms with Crippen molar-refractivity contribution >= 4 is 58.8 Å². The van der Waals surface area contributed by atoms with Crippen molar-refractivity contribution in [3.63, 3.8) is 0 Å². The molecule has 2 aromatic heterocycles. The number of piperazine rings is 5. The number of hydrogen-bond donors (Lipinski definition) is 5. The van der Waals surface area contributed by atoms with E-state index in [1.54, 1.807) is 0 Å². The molecule has 5 saturated heterocycles. The maximum absolute atomic E-state index is 14.5. The Kier molecular flexibility index (Phi) is 23.2. The Labute approximate surface area is 605 Å². The van der Waals surface area contributed by atoms with Crippen molar-refractivity contribution in [2.24, 2.45) is 9.98 Å². The van der Waals surface area contributed by atoms with E-state index in [0.29, 0.717) is 119 Å². The van der Waals surface area contributed by atoms with E-state index < -0.39 is 22.2 Å². The standard InChI is InChI=1S/C76H129N21O4/c1-69(2)49-92(61(98)73(9,10)86-69)43-45-96(55-33-25-19-26-34-55)67-83-65(84-68(85-67)97(56-35-27-20-28-36-56)46-44-93-50-70(3,4)87-74(11,12)62(93)99)77-37-38-90-39-41-91(42-40-90)66-81-59(57(78-53-29-21-17-22-30-53)47-94-51-71(5,6)88-75(13,14)63(94)100)80-60(82-66)58(79-54-31-23-18-24-32-54)48-95-52-72(7,8)89-76(15,16)64(95)101/h53-56,86-89H,17-52H2,1-16H3,(H,77,83,84,85). The van der Waals surface area contributed by atoms with Crippen molar-refractivity contribution in [1.29, 1.82) is 0 Å². The molecular weight excluding hydrogens is 1270 g/mol. The van der Waals surface area contributed by atoms with Gasteiger partial charge in [-0.3, -0.25) is 55.3 Å². The number of anilines is 4. The minimum absolute atomic E-state index is 0.0109. The molecule has 2 aromatic rings. The summed E-state index contributed by atoms with van der Waals surface area (Å²) in [7, 11) is 0. The van der Waals surface area contributed by atoms with Crippen LogP contribution in [0.4, 0.5) is 23.8 Å². The summed E-state index contributed by atoms with van der Waals surface area (Å²) in [6.07, 6.45) is 21.6. The number of carbonyl (C=O) groups is 4. The van der Waals surface area contributed by atoms with Gasteiger partial charge in [0, 0.05) is 126 Å². The van der Waals surface area contributed by atoms with Crippen LogP contribution in [0.3, 0.4) is 0 Å². The summed E-state index contributed by atoms with van der Waals surface area (Å²) in [5.41, 5.74) is -2.85. The van der Waals surface area contributed by atoms with E-state index in [-0.39, 0.29) is 83.0 Å². The summed E-state index contributed by atoms with van der Waals surface area (Å²) >= 11 is 0. The molecule has 0 unspecified atom stereocenters. The highest BCUT2D eigenvalue weighted by Crippen LogP contribution is 2.34. The highest BCUT2D eigenvalue weighted by atomic mass is 16.2. The molecule has 0 bridgehead atoms. The molecule has 4 amide bonds. The quantitative estimate of drug-likeness (QED) is 0.0666. The van der Waals surface area contributed by atoms with Crippen LogP contribution in [0.15, 0.2) is 9.98 Å². The first-order chi connectivity index (χ1) is 47.5. The summed E-state index contributed by atoms with van der Waals surface area (Å²) in [4.78, 5) is 119. The van der Waals surface area contributed by atoms with E-state index >= 15 is 0 Å². The molecule has 562 valence electrons. The molecule has 0 radical (unpaired) electrons. The van der Waals surface area contributed by atoms with E-state index in [1.807, 2.05) is 75.0 Å². The number of amides is 4. The highest BCUT2D eigenvalue weighted by molar-refractivity contribution is 6.05. The van der Waals surface area contributed by atoms with Crippen molar-refractivity contribution in [3.05, 3.63) is 11.6 Å². The fourth-order valence-electron chi connectivity index (χ4n) is 18.8. The third-order valence-electron chi connectivity index (χ3n) is 22.6. The molecule has 101 heavy (non-hydrogen) atoms. The van der Waals surface area contributed by atoms with Gasteiger partial charge in [0.25, 0.3) is 0 Å². The summed E-state index contributed by atoms with van der Waals surface area (Å²) in [5, 5.41) is 18.1. The lowest BCUT2D eigenvalue weighted by Gasteiger charge is -2.48. The number of aliphatic imine (C=N–C) groups is 2. The zero-order chi connectivity index (χ0) is 72.5. The van der Waals surface area contributed by atoms with Crippen LogP contribution in [-0.4, -0.2) is 263 Å².